The second-order valence-corrected chi connectivity index (χ2v) is 5.26. The summed E-state index contributed by atoms with van der Waals surface area (Å²) in [5, 5.41) is 5.52. The van der Waals surface area contributed by atoms with E-state index in [9.17, 15) is 8.42 Å². The molecule has 0 bridgehead atoms. The second-order valence-electron chi connectivity index (χ2n) is 3.17. The lowest BCUT2D eigenvalue weighted by Gasteiger charge is -2.13. The van der Waals surface area contributed by atoms with Gasteiger partial charge in [0.15, 0.2) is 0 Å². The molecule has 0 saturated carbocycles. The molecule has 0 fully saturated rings. The number of nitrogens with zero attached hydrogens (tertiary/aromatic N) is 1. The van der Waals surface area contributed by atoms with Crippen LogP contribution in [-0.4, -0.2) is 32.9 Å². The molecule has 0 aliphatic heterocycles. The summed E-state index contributed by atoms with van der Waals surface area (Å²) >= 11 is 5.70. The third kappa shape index (κ3) is 4.36. The first kappa shape index (κ1) is 13.2. The van der Waals surface area contributed by atoms with Crippen molar-refractivity contribution in [3.8, 4) is 5.75 Å². The maximum absolute atomic E-state index is 10.8. The largest absolute Gasteiger partial charge is 0.492 e. The predicted octanol–water partition coefficient (Wildman–Crippen LogP) is 0.854. The second kappa shape index (κ2) is 5.49. The summed E-state index contributed by atoms with van der Waals surface area (Å²) in [7, 11) is -2.24. The van der Waals surface area contributed by atoms with E-state index in [0.717, 1.165) is 4.31 Å². The third-order valence-electron chi connectivity index (χ3n) is 1.92. The van der Waals surface area contributed by atoms with Crippen LogP contribution in [0.3, 0.4) is 0 Å². The Morgan fingerprint density at radius 3 is 2.44 bits per heavy atom. The zero-order valence-electron chi connectivity index (χ0n) is 8.76. The maximum Gasteiger partial charge on any atom is 0.276 e. The smallest absolute Gasteiger partial charge is 0.276 e. The van der Waals surface area contributed by atoms with Crippen LogP contribution in [-0.2, 0) is 10.2 Å². The van der Waals surface area contributed by atoms with Gasteiger partial charge in [0.25, 0.3) is 10.2 Å². The average Bonchev–Trinajstić information content (AvgIpc) is 2.19. The van der Waals surface area contributed by atoms with Crippen LogP contribution in [0, 0.1) is 0 Å². The molecule has 0 aliphatic carbocycles. The van der Waals surface area contributed by atoms with Gasteiger partial charge < -0.3 is 4.74 Å². The molecule has 0 atom stereocenters. The first-order valence-corrected chi connectivity index (χ1v) is 6.40. The van der Waals surface area contributed by atoms with Crippen molar-refractivity contribution in [1.82, 2.24) is 4.31 Å². The SMILES string of the molecule is CN(CCOc1ccc(Cl)cc1)S(N)(=O)=O. The number of halogens is 1. The van der Waals surface area contributed by atoms with Gasteiger partial charge in [-0.1, -0.05) is 11.6 Å². The fourth-order valence-corrected chi connectivity index (χ4v) is 1.41. The van der Waals surface area contributed by atoms with E-state index in [0.29, 0.717) is 10.8 Å². The van der Waals surface area contributed by atoms with Gasteiger partial charge in [-0.2, -0.15) is 12.7 Å². The number of hydrogen-bond donors (Lipinski definition) is 1. The first-order chi connectivity index (χ1) is 7.39. The molecule has 1 aromatic rings. The molecular formula is C9H13ClN2O3S. The molecule has 16 heavy (non-hydrogen) atoms. The van der Waals surface area contributed by atoms with Crippen molar-refractivity contribution in [2.45, 2.75) is 0 Å². The minimum Gasteiger partial charge on any atom is -0.492 e. The van der Waals surface area contributed by atoms with E-state index in [1.807, 2.05) is 0 Å². The first-order valence-electron chi connectivity index (χ1n) is 4.52. The van der Waals surface area contributed by atoms with Crippen LogP contribution in [0.15, 0.2) is 24.3 Å². The van der Waals surface area contributed by atoms with Crippen molar-refractivity contribution >= 4 is 21.8 Å². The van der Waals surface area contributed by atoms with Gasteiger partial charge >= 0.3 is 0 Å². The molecule has 2 N–H and O–H groups in total. The topological polar surface area (TPSA) is 72.6 Å². The van der Waals surface area contributed by atoms with E-state index in [1.54, 1.807) is 24.3 Å². The predicted molar refractivity (Wildman–Crippen MR) is 62.7 cm³/mol. The summed E-state index contributed by atoms with van der Waals surface area (Å²) in [5.41, 5.74) is 0. The van der Waals surface area contributed by atoms with E-state index >= 15 is 0 Å². The third-order valence-corrected chi connectivity index (χ3v) is 3.23. The molecule has 0 unspecified atom stereocenters. The summed E-state index contributed by atoms with van der Waals surface area (Å²) in [6, 6.07) is 6.80. The van der Waals surface area contributed by atoms with E-state index in [4.69, 9.17) is 21.5 Å². The molecule has 0 amide bonds. The Morgan fingerprint density at radius 1 is 1.38 bits per heavy atom. The molecule has 7 heteroatoms. The molecule has 0 saturated heterocycles. The van der Waals surface area contributed by atoms with Crippen molar-refractivity contribution in [2.75, 3.05) is 20.2 Å². The minimum atomic E-state index is -3.63. The number of hydrogen-bond acceptors (Lipinski definition) is 3. The van der Waals surface area contributed by atoms with Crippen LogP contribution in [0.5, 0.6) is 5.75 Å². The lowest BCUT2D eigenvalue weighted by molar-refractivity contribution is 0.287. The summed E-state index contributed by atoms with van der Waals surface area (Å²) in [6.45, 7) is 0.427. The molecule has 0 heterocycles. The van der Waals surface area contributed by atoms with Gasteiger partial charge in [-0.05, 0) is 24.3 Å². The highest BCUT2D eigenvalue weighted by molar-refractivity contribution is 7.86. The summed E-state index contributed by atoms with van der Waals surface area (Å²) < 4.78 is 28.0. The highest BCUT2D eigenvalue weighted by Crippen LogP contribution is 2.15. The van der Waals surface area contributed by atoms with Crippen molar-refractivity contribution in [3.63, 3.8) is 0 Å². The molecule has 0 radical (unpaired) electrons. The normalized spacial score (nSPS) is 11.8. The molecule has 0 aliphatic rings. The molecule has 0 spiro atoms. The molecular weight excluding hydrogens is 252 g/mol. The summed E-state index contributed by atoms with van der Waals surface area (Å²) in [4.78, 5) is 0. The Morgan fingerprint density at radius 2 is 1.94 bits per heavy atom. The molecule has 0 aromatic heterocycles. The van der Waals surface area contributed by atoms with E-state index in [2.05, 4.69) is 0 Å². The zero-order valence-corrected chi connectivity index (χ0v) is 10.3. The van der Waals surface area contributed by atoms with Gasteiger partial charge in [-0.25, -0.2) is 5.14 Å². The highest BCUT2D eigenvalue weighted by Gasteiger charge is 2.10. The maximum atomic E-state index is 10.8. The number of likely N-dealkylation sites (N-methyl/N-ethyl adjacent to an activating group) is 1. The monoisotopic (exact) mass is 264 g/mol. The van der Waals surface area contributed by atoms with E-state index in [-0.39, 0.29) is 13.2 Å². The Labute approximate surface area is 99.9 Å². The van der Waals surface area contributed by atoms with Crippen LogP contribution in [0.2, 0.25) is 5.02 Å². The molecule has 5 nitrogen and oxygen atoms in total. The highest BCUT2D eigenvalue weighted by atomic mass is 35.5. The number of rotatable bonds is 5. The van der Waals surface area contributed by atoms with E-state index in [1.165, 1.54) is 7.05 Å². The van der Waals surface area contributed by atoms with Gasteiger partial charge in [-0.15, -0.1) is 0 Å². The van der Waals surface area contributed by atoms with Crippen molar-refractivity contribution in [2.24, 2.45) is 5.14 Å². The number of nitrogens with two attached hydrogens (primary N) is 1. The Hall–Kier alpha value is -0.820. The van der Waals surface area contributed by atoms with Crippen LogP contribution < -0.4 is 9.88 Å². The fraction of sp³-hybridized carbons (Fsp3) is 0.333. The number of ether oxygens (including phenoxy) is 1. The lowest BCUT2D eigenvalue weighted by Crippen LogP contribution is -2.36. The summed E-state index contributed by atoms with van der Waals surface area (Å²) in [5.74, 6) is 0.632. The van der Waals surface area contributed by atoms with Crippen LogP contribution >= 0.6 is 11.6 Å². The Kier molecular flexibility index (Phi) is 4.55. The van der Waals surface area contributed by atoms with Crippen LogP contribution in [0.4, 0.5) is 0 Å². The van der Waals surface area contributed by atoms with Crippen molar-refractivity contribution in [3.05, 3.63) is 29.3 Å². The van der Waals surface area contributed by atoms with E-state index < -0.39 is 10.2 Å². The zero-order chi connectivity index (χ0) is 12.2. The standard InChI is InChI=1S/C9H13ClN2O3S/c1-12(16(11,13)14)6-7-15-9-4-2-8(10)3-5-9/h2-5H,6-7H2,1H3,(H2,11,13,14). The van der Waals surface area contributed by atoms with Crippen LogP contribution in [0.25, 0.3) is 0 Å². The van der Waals surface area contributed by atoms with Crippen molar-refractivity contribution < 1.29 is 13.2 Å². The molecule has 1 aromatic carbocycles. The number of benzene rings is 1. The molecule has 1 rings (SSSR count). The van der Waals surface area contributed by atoms with Gasteiger partial charge in [-0.3, -0.25) is 0 Å². The fourth-order valence-electron chi connectivity index (χ4n) is 0.950. The quantitative estimate of drug-likeness (QED) is 0.857. The van der Waals surface area contributed by atoms with Crippen molar-refractivity contribution in [1.29, 1.82) is 0 Å². The van der Waals surface area contributed by atoms with Gasteiger partial charge in [0.1, 0.15) is 12.4 Å². The molecule has 90 valence electrons. The van der Waals surface area contributed by atoms with Crippen LogP contribution in [0.1, 0.15) is 0 Å². The average molecular weight is 265 g/mol. The van der Waals surface area contributed by atoms with Gasteiger partial charge in [0, 0.05) is 18.6 Å². The Balaban J connectivity index is 2.39. The minimum absolute atomic E-state index is 0.196. The van der Waals surface area contributed by atoms with Gasteiger partial charge in [0.2, 0.25) is 0 Å². The Bertz CT molecular complexity index is 433. The summed E-state index contributed by atoms with van der Waals surface area (Å²) in [6.07, 6.45) is 0. The van der Waals surface area contributed by atoms with Gasteiger partial charge in [0.05, 0.1) is 0 Å². The lowest BCUT2D eigenvalue weighted by atomic mass is 10.3.